The molecule has 0 saturated heterocycles. The number of rotatable bonds is 2. The van der Waals surface area contributed by atoms with Gasteiger partial charge >= 0.3 is 5.97 Å². The molecule has 0 radical (unpaired) electrons. The van der Waals surface area contributed by atoms with Gasteiger partial charge in [-0.3, -0.25) is 4.79 Å². The second-order valence-electron chi connectivity index (χ2n) is 6.84. The van der Waals surface area contributed by atoms with E-state index in [4.69, 9.17) is 4.74 Å². The van der Waals surface area contributed by atoms with E-state index in [0.29, 0.717) is 12.5 Å². The van der Waals surface area contributed by atoms with Crippen molar-refractivity contribution in [3.63, 3.8) is 0 Å². The van der Waals surface area contributed by atoms with Crippen molar-refractivity contribution >= 4 is 5.97 Å². The molecule has 1 N–H and O–H groups in total. The Kier molecular flexibility index (Phi) is 3.27. The Labute approximate surface area is 139 Å². The number of aromatic nitrogens is 1. The van der Waals surface area contributed by atoms with E-state index in [1.807, 2.05) is 10.6 Å². The summed E-state index contributed by atoms with van der Waals surface area (Å²) in [7, 11) is 0. The number of hydrogen-bond acceptors (Lipinski definition) is 3. The van der Waals surface area contributed by atoms with Crippen LogP contribution >= 0.6 is 0 Å². The van der Waals surface area contributed by atoms with Crippen LogP contribution < -0.4 is 10.2 Å². The molecule has 3 heterocycles. The fourth-order valence-electron chi connectivity index (χ4n) is 3.88. The molecule has 2 aliphatic rings. The molecule has 4 rings (SSSR count). The minimum Gasteiger partial charge on any atom is -0.493 e. The average molecular weight is 325 g/mol. The van der Waals surface area contributed by atoms with Gasteiger partial charge in [-0.05, 0) is 24.0 Å². The molecule has 0 bridgehead atoms. The zero-order valence-corrected chi connectivity index (χ0v) is 13.7. The smallest absolute Gasteiger partial charge is 0.341 e. The summed E-state index contributed by atoms with van der Waals surface area (Å²) in [5.74, 6) is 0.0221. The summed E-state index contributed by atoms with van der Waals surface area (Å²) in [5, 5.41) is 9.31. The van der Waals surface area contributed by atoms with Gasteiger partial charge in [-0.2, -0.15) is 0 Å². The van der Waals surface area contributed by atoms with Gasteiger partial charge < -0.3 is 14.4 Å². The van der Waals surface area contributed by atoms with E-state index in [0.717, 1.165) is 35.4 Å². The number of aromatic carboxylic acids is 1. The molecule has 5 nitrogen and oxygen atoms in total. The molecule has 1 aromatic heterocycles. The highest BCUT2D eigenvalue weighted by Gasteiger charge is 2.31. The molecule has 5 heteroatoms. The van der Waals surface area contributed by atoms with Gasteiger partial charge in [0.2, 0.25) is 0 Å². The van der Waals surface area contributed by atoms with Crippen LogP contribution in [0, 0.1) is 5.92 Å². The first kappa shape index (κ1) is 15.0. The van der Waals surface area contributed by atoms with Crippen LogP contribution in [-0.4, -0.2) is 22.2 Å². The van der Waals surface area contributed by atoms with E-state index in [-0.39, 0.29) is 11.6 Å². The standard InChI is InChI=1S/C19H19NO4/c1-10(2)14-7-11-3-4-17-12(5-6-24-17)18(11)15-8-16(21)13(19(22)23)9-20(14)15/h3-4,8-10,14H,5-7H2,1-2H3,(H,22,23)/t14-/m0/s1. The number of pyridine rings is 1. The quantitative estimate of drug-likeness (QED) is 0.922. The van der Waals surface area contributed by atoms with Crippen molar-refractivity contribution in [2.24, 2.45) is 5.92 Å². The first-order valence-electron chi connectivity index (χ1n) is 8.24. The second-order valence-corrected chi connectivity index (χ2v) is 6.84. The van der Waals surface area contributed by atoms with E-state index < -0.39 is 11.4 Å². The lowest BCUT2D eigenvalue weighted by Crippen LogP contribution is -2.28. The van der Waals surface area contributed by atoms with E-state index in [1.165, 1.54) is 17.8 Å². The molecule has 0 unspecified atom stereocenters. The van der Waals surface area contributed by atoms with Crippen LogP contribution in [0.1, 0.15) is 41.4 Å². The summed E-state index contributed by atoms with van der Waals surface area (Å²) in [6, 6.07) is 5.70. The number of benzene rings is 1. The molecule has 1 atom stereocenters. The molecule has 0 fully saturated rings. The number of carboxylic acids is 1. The summed E-state index contributed by atoms with van der Waals surface area (Å²) >= 11 is 0. The topological polar surface area (TPSA) is 68.5 Å². The van der Waals surface area contributed by atoms with Crippen LogP contribution in [0.2, 0.25) is 0 Å². The molecule has 0 saturated carbocycles. The maximum absolute atomic E-state index is 12.3. The van der Waals surface area contributed by atoms with E-state index in [1.54, 1.807) is 0 Å². The van der Waals surface area contributed by atoms with Gasteiger partial charge in [0.1, 0.15) is 11.3 Å². The second kappa shape index (κ2) is 5.23. The van der Waals surface area contributed by atoms with Gasteiger partial charge in [0.05, 0.1) is 12.3 Å². The van der Waals surface area contributed by atoms with Crippen molar-refractivity contribution in [1.82, 2.24) is 4.57 Å². The highest BCUT2D eigenvalue weighted by molar-refractivity contribution is 5.88. The Balaban J connectivity index is 2.04. The number of hydrogen-bond donors (Lipinski definition) is 1. The molecule has 2 aromatic rings. The lowest BCUT2D eigenvalue weighted by Gasteiger charge is -2.34. The monoisotopic (exact) mass is 325 g/mol. The van der Waals surface area contributed by atoms with Crippen molar-refractivity contribution in [2.75, 3.05) is 6.61 Å². The van der Waals surface area contributed by atoms with Crippen LogP contribution in [-0.2, 0) is 12.8 Å². The maximum Gasteiger partial charge on any atom is 0.341 e. The third-order valence-corrected chi connectivity index (χ3v) is 5.09. The van der Waals surface area contributed by atoms with Crippen LogP contribution in [0.5, 0.6) is 5.75 Å². The first-order valence-corrected chi connectivity index (χ1v) is 8.24. The summed E-state index contributed by atoms with van der Waals surface area (Å²) in [6.45, 7) is 4.89. The Morgan fingerprint density at radius 1 is 1.38 bits per heavy atom. The average Bonchev–Trinajstić information content (AvgIpc) is 3.01. The summed E-state index contributed by atoms with van der Waals surface area (Å²) in [5.41, 5.74) is 3.59. The summed E-state index contributed by atoms with van der Waals surface area (Å²) < 4.78 is 7.65. The van der Waals surface area contributed by atoms with E-state index in [2.05, 4.69) is 19.9 Å². The van der Waals surface area contributed by atoms with Crippen molar-refractivity contribution in [3.05, 3.63) is 51.3 Å². The molecule has 124 valence electrons. The van der Waals surface area contributed by atoms with Crippen LogP contribution in [0.3, 0.4) is 0 Å². The predicted molar refractivity (Wildman–Crippen MR) is 89.9 cm³/mol. The zero-order valence-electron chi connectivity index (χ0n) is 13.7. The maximum atomic E-state index is 12.3. The van der Waals surface area contributed by atoms with Gasteiger partial charge in [-0.15, -0.1) is 0 Å². The Morgan fingerprint density at radius 2 is 2.17 bits per heavy atom. The van der Waals surface area contributed by atoms with Crippen molar-refractivity contribution in [2.45, 2.75) is 32.7 Å². The molecular weight excluding hydrogens is 306 g/mol. The third kappa shape index (κ3) is 2.08. The molecular formula is C19H19NO4. The highest BCUT2D eigenvalue weighted by atomic mass is 16.5. The fourth-order valence-corrected chi connectivity index (χ4v) is 3.88. The Morgan fingerprint density at radius 3 is 2.88 bits per heavy atom. The predicted octanol–water partition coefficient (Wildman–Crippen LogP) is 2.90. The third-order valence-electron chi connectivity index (χ3n) is 5.09. The number of nitrogens with zero attached hydrogens (tertiary/aromatic N) is 1. The van der Waals surface area contributed by atoms with Gasteiger partial charge in [0.15, 0.2) is 5.43 Å². The summed E-state index contributed by atoms with van der Waals surface area (Å²) in [6.07, 6.45) is 3.16. The van der Waals surface area contributed by atoms with Crippen LogP contribution in [0.15, 0.2) is 29.2 Å². The van der Waals surface area contributed by atoms with Gasteiger partial charge in [0, 0.05) is 35.9 Å². The minimum absolute atomic E-state index is 0.131. The van der Waals surface area contributed by atoms with Crippen LogP contribution in [0.25, 0.3) is 11.3 Å². The van der Waals surface area contributed by atoms with Crippen molar-refractivity contribution < 1.29 is 14.6 Å². The first-order chi connectivity index (χ1) is 11.5. The Hall–Kier alpha value is -2.56. The van der Waals surface area contributed by atoms with E-state index >= 15 is 0 Å². The van der Waals surface area contributed by atoms with Gasteiger partial charge in [0.25, 0.3) is 0 Å². The lowest BCUT2D eigenvalue weighted by molar-refractivity contribution is 0.0694. The zero-order chi connectivity index (χ0) is 17.0. The van der Waals surface area contributed by atoms with Crippen molar-refractivity contribution in [3.8, 4) is 17.0 Å². The summed E-state index contributed by atoms with van der Waals surface area (Å²) in [4.78, 5) is 23.7. The largest absolute Gasteiger partial charge is 0.493 e. The SMILES string of the molecule is CC(C)[C@@H]1Cc2ccc3c(c2-c2cc(=O)c(C(=O)O)cn21)CCO3. The number of ether oxygens (including phenoxy) is 1. The highest BCUT2D eigenvalue weighted by Crippen LogP contribution is 2.43. The normalized spacial score (nSPS) is 17.9. The number of carboxylic acid groups (broad SMARTS) is 1. The molecule has 0 amide bonds. The molecule has 0 aliphatic carbocycles. The number of carbonyl (C=O) groups is 1. The molecule has 0 spiro atoms. The van der Waals surface area contributed by atoms with Gasteiger partial charge in [-0.1, -0.05) is 19.9 Å². The van der Waals surface area contributed by atoms with E-state index in [9.17, 15) is 14.7 Å². The van der Waals surface area contributed by atoms with Crippen LogP contribution in [0.4, 0.5) is 0 Å². The minimum atomic E-state index is -1.18. The Bertz CT molecular complexity index is 910. The number of fused-ring (bicyclic) bond motifs is 5. The van der Waals surface area contributed by atoms with Crippen molar-refractivity contribution in [1.29, 1.82) is 0 Å². The lowest BCUT2D eigenvalue weighted by atomic mass is 9.84. The molecule has 2 aliphatic heterocycles. The molecule has 1 aromatic carbocycles. The van der Waals surface area contributed by atoms with Gasteiger partial charge in [-0.25, -0.2) is 4.79 Å². The fraction of sp³-hybridized carbons (Fsp3) is 0.368. The molecule has 24 heavy (non-hydrogen) atoms.